The molecule has 1 heterocycles. The number of nitriles is 1. The number of hydrogen-bond donors (Lipinski definition) is 1. The third kappa shape index (κ3) is 2.60. The number of nitrogens with one attached hydrogen (secondary N) is 1. The third-order valence-electron chi connectivity index (χ3n) is 1.97. The van der Waals surface area contributed by atoms with Gasteiger partial charge >= 0.3 is 0 Å². The molecule has 1 aliphatic rings. The van der Waals surface area contributed by atoms with Crippen molar-refractivity contribution in [3.8, 4) is 6.07 Å². The maximum atomic E-state index is 8.88. The summed E-state index contributed by atoms with van der Waals surface area (Å²) >= 11 is 0. The van der Waals surface area contributed by atoms with Gasteiger partial charge in [0.15, 0.2) is 0 Å². The Bertz CT molecular complexity index is 246. The van der Waals surface area contributed by atoms with Crippen LogP contribution in [0.3, 0.4) is 0 Å². The van der Waals surface area contributed by atoms with Gasteiger partial charge in [0.1, 0.15) is 5.54 Å². The molecular weight excluding hydrogens is 170 g/mol. The highest BCUT2D eigenvalue weighted by Gasteiger charge is 2.33. The first-order valence-electron chi connectivity index (χ1n) is 4.08. The highest BCUT2D eigenvalue weighted by molar-refractivity contribution is 5.09. The molecule has 0 bridgehead atoms. The lowest BCUT2D eigenvalue weighted by molar-refractivity contribution is 0.180. The molecule has 1 N–H and O–H groups in total. The van der Waals surface area contributed by atoms with E-state index >= 15 is 0 Å². The fraction of sp³-hybridized carbons (Fsp3) is 0.857. The topological polar surface area (TPSA) is 93.8 Å². The van der Waals surface area contributed by atoms with Crippen molar-refractivity contribution in [3.63, 3.8) is 0 Å². The summed E-state index contributed by atoms with van der Waals surface area (Å²) in [6.45, 7) is 1.91. The molecule has 1 saturated heterocycles. The molecule has 0 aromatic rings. The molecule has 1 unspecified atom stereocenters. The van der Waals surface area contributed by atoms with Gasteiger partial charge in [0, 0.05) is 31.0 Å². The molecule has 0 aromatic heterocycles. The van der Waals surface area contributed by atoms with E-state index in [0.717, 1.165) is 0 Å². The molecule has 0 amide bonds. The van der Waals surface area contributed by atoms with Crippen molar-refractivity contribution in [1.29, 1.82) is 5.26 Å². The molecule has 0 aromatic carbocycles. The van der Waals surface area contributed by atoms with Crippen LogP contribution >= 0.6 is 0 Å². The molecule has 6 nitrogen and oxygen atoms in total. The Morgan fingerprint density at radius 1 is 1.77 bits per heavy atom. The van der Waals surface area contributed by atoms with Gasteiger partial charge in [-0.2, -0.15) is 5.26 Å². The van der Waals surface area contributed by atoms with Gasteiger partial charge in [0.2, 0.25) is 0 Å². The van der Waals surface area contributed by atoms with E-state index in [1.54, 1.807) is 0 Å². The van der Waals surface area contributed by atoms with Gasteiger partial charge in [0.05, 0.1) is 12.7 Å². The van der Waals surface area contributed by atoms with Crippen LogP contribution in [-0.2, 0) is 4.74 Å². The van der Waals surface area contributed by atoms with Crippen LogP contribution in [-0.4, -0.2) is 31.8 Å². The van der Waals surface area contributed by atoms with Gasteiger partial charge < -0.3 is 4.74 Å². The number of ether oxygens (including phenoxy) is 1. The zero-order chi connectivity index (χ0) is 9.57. The number of azide groups is 1. The normalized spacial score (nSPS) is 26.4. The lowest BCUT2D eigenvalue weighted by Gasteiger charge is -2.19. The van der Waals surface area contributed by atoms with Crippen LogP contribution in [0.25, 0.3) is 10.4 Å². The molecule has 1 atom stereocenters. The summed E-state index contributed by atoms with van der Waals surface area (Å²) in [5.74, 6) is 0. The van der Waals surface area contributed by atoms with Crippen LogP contribution in [0.4, 0.5) is 0 Å². The fourth-order valence-corrected chi connectivity index (χ4v) is 1.22. The van der Waals surface area contributed by atoms with E-state index in [9.17, 15) is 0 Å². The van der Waals surface area contributed by atoms with Gasteiger partial charge in [-0.15, -0.1) is 0 Å². The zero-order valence-electron chi connectivity index (χ0n) is 7.23. The maximum absolute atomic E-state index is 8.88. The summed E-state index contributed by atoms with van der Waals surface area (Å²) in [4.78, 5) is 2.62. The van der Waals surface area contributed by atoms with Crippen molar-refractivity contribution < 1.29 is 4.74 Å². The third-order valence-corrected chi connectivity index (χ3v) is 1.97. The minimum absolute atomic E-state index is 0.361. The highest BCUT2D eigenvalue weighted by Crippen LogP contribution is 2.16. The largest absolute Gasteiger partial charge is 0.378 e. The summed E-state index contributed by atoms with van der Waals surface area (Å²) in [5.41, 5.74) is 7.46. The molecule has 0 saturated carbocycles. The Morgan fingerprint density at radius 2 is 2.62 bits per heavy atom. The lowest BCUT2D eigenvalue weighted by Crippen LogP contribution is -2.45. The standard InChI is InChI=1S/C7H11N5O/c8-5-7(1-4-13-6-7)10-2-3-11-12-9/h10H,1-4,6H2. The van der Waals surface area contributed by atoms with Gasteiger partial charge in [-0.05, 0) is 5.53 Å². The predicted molar refractivity (Wildman–Crippen MR) is 45.8 cm³/mol. The van der Waals surface area contributed by atoms with Gasteiger partial charge in [-0.3, -0.25) is 5.32 Å². The predicted octanol–water partition coefficient (Wildman–Crippen LogP) is 0.569. The molecule has 0 spiro atoms. The van der Waals surface area contributed by atoms with E-state index in [1.807, 2.05) is 0 Å². The van der Waals surface area contributed by atoms with Gasteiger partial charge in [-0.1, -0.05) is 5.11 Å². The molecular formula is C7H11N5O. The summed E-state index contributed by atoms with van der Waals surface area (Å²) in [6, 6.07) is 2.18. The van der Waals surface area contributed by atoms with Gasteiger partial charge in [-0.25, -0.2) is 0 Å². The molecule has 70 valence electrons. The van der Waals surface area contributed by atoms with Crippen molar-refractivity contribution in [2.24, 2.45) is 5.11 Å². The second-order valence-electron chi connectivity index (χ2n) is 2.88. The zero-order valence-corrected chi connectivity index (χ0v) is 7.23. The fourth-order valence-electron chi connectivity index (χ4n) is 1.22. The SMILES string of the molecule is N#CC1(NCCN=[N+]=[N-])CCOC1. The second-order valence-corrected chi connectivity index (χ2v) is 2.88. The monoisotopic (exact) mass is 181 g/mol. The van der Waals surface area contributed by atoms with Crippen molar-refractivity contribution in [3.05, 3.63) is 10.4 Å². The van der Waals surface area contributed by atoms with Crippen molar-refractivity contribution in [2.45, 2.75) is 12.0 Å². The van der Waals surface area contributed by atoms with Crippen LogP contribution in [0.1, 0.15) is 6.42 Å². The molecule has 13 heavy (non-hydrogen) atoms. The average Bonchev–Trinajstić information content (AvgIpc) is 2.62. The molecule has 1 aliphatic heterocycles. The van der Waals surface area contributed by atoms with E-state index < -0.39 is 5.54 Å². The first-order chi connectivity index (χ1) is 6.33. The van der Waals surface area contributed by atoms with Gasteiger partial charge in [0.25, 0.3) is 0 Å². The lowest BCUT2D eigenvalue weighted by atomic mass is 10.0. The Kier molecular flexibility index (Phi) is 3.53. The molecule has 1 rings (SSSR count). The molecule has 1 fully saturated rings. The van der Waals surface area contributed by atoms with E-state index in [-0.39, 0.29) is 0 Å². The smallest absolute Gasteiger partial charge is 0.132 e. The Balaban J connectivity index is 2.32. The molecule has 6 heteroatoms. The second kappa shape index (κ2) is 4.67. The van der Waals surface area contributed by atoms with E-state index in [4.69, 9.17) is 15.5 Å². The van der Waals surface area contributed by atoms with E-state index in [1.165, 1.54) is 0 Å². The number of rotatable bonds is 4. The van der Waals surface area contributed by atoms with Crippen LogP contribution in [0.15, 0.2) is 5.11 Å². The van der Waals surface area contributed by atoms with Crippen LogP contribution in [0.2, 0.25) is 0 Å². The van der Waals surface area contributed by atoms with Crippen molar-refractivity contribution in [2.75, 3.05) is 26.3 Å². The summed E-state index contributed by atoms with van der Waals surface area (Å²) < 4.78 is 5.12. The minimum atomic E-state index is -0.565. The first-order valence-corrected chi connectivity index (χ1v) is 4.08. The minimum Gasteiger partial charge on any atom is -0.378 e. The van der Waals surface area contributed by atoms with E-state index in [0.29, 0.717) is 32.7 Å². The summed E-state index contributed by atoms with van der Waals surface area (Å²) in [6.07, 6.45) is 0.694. The number of nitrogens with zero attached hydrogens (tertiary/aromatic N) is 4. The average molecular weight is 181 g/mol. The summed E-state index contributed by atoms with van der Waals surface area (Å²) in [7, 11) is 0. The Morgan fingerprint density at radius 3 is 3.15 bits per heavy atom. The first kappa shape index (κ1) is 9.81. The molecule has 0 radical (unpaired) electrons. The van der Waals surface area contributed by atoms with Crippen LogP contribution < -0.4 is 5.32 Å². The number of hydrogen-bond acceptors (Lipinski definition) is 4. The maximum Gasteiger partial charge on any atom is 0.132 e. The quantitative estimate of drug-likeness (QED) is 0.297. The highest BCUT2D eigenvalue weighted by atomic mass is 16.5. The van der Waals surface area contributed by atoms with Crippen LogP contribution in [0, 0.1) is 11.3 Å². The summed E-state index contributed by atoms with van der Waals surface area (Å²) in [5, 5.41) is 15.3. The molecule has 0 aliphatic carbocycles. The Hall–Kier alpha value is -1.28. The van der Waals surface area contributed by atoms with Crippen LogP contribution in [0.5, 0.6) is 0 Å². The van der Waals surface area contributed by atoms with Crippen molar-refractivity contribution in [1.82, 2.24) is 5.32 Å². The van der Waals surface area contributed by atoms with E-state index in [2.05, 4.69) is 21.4 Å². The Labute approximate surface area is 76.1 Å². The van der Waals surface area contributed by atoms with Crippen molar-refractivity contribution >= 4 is 0 Å².